The fraction of sp³-hybridized carbons (Fsp3) is 0.278. The predicted octanol–water partition coefficient (Wildman–Crippen LogP) is 1.74. The number of furan rings is 1. The Morgan fingerprint density at radius 1 is 1.28 bits per heavy atom. The number of rotatable bonds is 5. The van der Waals surface area contributed by atoms with E-state index in [0.717, 1.165) is 29.9 Å². The molecule has 0 saturated carbocycles. The molecule has 128 valence electrons. The lowest BCUT2D eigenvalue weighted by Gasteiger charge is -2.33. The highest BCUT2D eigenvalue weighted by atomic mass is 16.3. The average molecular weight is 337 g/mol. The zero-order valence-electron chi connectivity index (χ0n) is 13.7. The summed E-state index contributed by atoms with van der Waals surface area (Å²) in [7, 11) is 0. The van der Waals surface area contributed by atoms with Crippen LogP contribution in [-0.2, 0) is 24.4 Å². The molecule has 1 unspecified atom stereocenters. The summed E-state index contributed by atoms with van der Waals surface area (Å²) in [5, 5.41) is 3.01. The first-order chi connectivity index (χ1) is 12.3. The van der Waals surface area contributed by atoms with Crippen LogP contribution in [0.3, 0.4) is 0 Å². The first-order valence-electron chi connectivity index (χ1n) is 8.20. The van der Waals surface area contributed by atoms with Gasteiger partial charge in [-0.1, -0.05) is 6.07 Å². The van der Waals surface area contributed by atoms with Gasteiger partial charge < -0.3 is 14.3 Å². The third-order valence-electron chi connectivity index (χ3n) is 4.38. The van der Waals surface area contributed by atoms with E-state index in [1.807, 2.05) is 29.0 Å². The van der Waals surface area contributed by atoms with Crippen molar-refractivity contribution in [3.8, 4) is 0 Å². The molecule has 0 bridgehead atoms. The van der Waals surface area contributed by atoms with Gasteiger partial charge >= 0.3 is 0 Å². The highest BCUT2D eigenvalue weighted by molar-refractivity contribution is 5.80. The number of hydrogen-bond acceptors (Lipinski definition) is 5. The van der Waals surface area contributed by atoms with Gasteiger partial charge in [0.2, 0.25) is 5.91 Å². The van der Waals surface area contributed by atoms with Crippen LogP contribution < -0.4 is 5.32 Å². The van der Waals surface area contributed by atoms with Crippen LogP contribution in [-0.4, -0.2) is 31.9 Å². The monoisotopic (exact) mass is 337 g/mol. The van der Waals surface area contributed by atoms with Crippen LogP contribution in [0.15, 0.2) is 60.1 Å². The Labute approximate surface area is 145 Å². The smallest absolute Gasteiger partial charge is 0.244 e. The SMILES string of the molecule is O=C(NCc1cccnc1)C1CN(Cc2ccoc2)Cc2cncn21. The van der Waals surface area contributed by atoms with E-state index in [9.17, 15) is 4.79 Å². The summed E-state index contributed by atoms with van der Waals surface area (Å²) in [6.07, 6.45) is 10.4. The lowest BCUT2D eigenvalue weighted by molar-refractivity contribution is -0.125. The van der Waals surface area contributed by atoms with Gasteiger partial charge in [-0.15, -0.1) is 0 Å². The molecule has 0 saturated heterocycles. The first-order valence-corrected chi connectivity index (χ1v) is 8.20. The van der Waals surface area contributed by atoms with E-state index in [1.54, 1.807) is 31.2 Å². The van der Waals surface area contributed by atoms with Crippen LogP contribution in [0.25, 0.3) is 0 Å². The molecular formula is C18H19N5O2. The van der Waals surface area contributed by atoms with E-state index in [0.29, 0.717) is 13.1 Å². The normalized spacial score (nSPS) is 17.2. The fourth-order valence-electron chi connectivity index (χ4n) is 3.14. The topological polar surface area (TPSA) is 76.2 Å². The van der Waals surface area contributed by atoms with E-state index in [-0.39, 0.29) is 11.9 Å². The van der Waals surface area contributed by atoms with Crippen LogP contribution in [0.5, 0.6) is 0 Å². The molecule has 7 nitrogen and oxygen atoms in total. The number of imidazole rings is 1. The Bertz CT molecular complexity index is 828. The Balaban J connectivity index is 1.46. The summed E-state index contributed by atoms with van der Waals surface area (Å²) < 4.78 is 7.11. The summed E-state index contributed by atoms with van der Waals surface area (Å²) in [5.41, 5.74) is 3.12. The second-order valence-corrected chi connectivity index (χ2v) is 6.19. The van der Waals surface area contributed by atoms with E-state index in [2.05, 4.69) is 20.2 Å². The molecule has 1 aliphatic heterocycles. The maximum absolute atomic E-state index is 12.8. The van der Waals surface area contributed by atoms with Crippen LogP contribution in [0.1, 0.15) is 22.9 Å². The number of aromatic nitrogens is 3. The lowest BCUT2D eigenvalue weighted by atomic mass is 10.1. The molecule has 0 fully saturated rings. The van der Waals surface area contributed by atoms with Crippen molar-refractivity contribution in [3.63, 3.8) is 0 Å². The summed E-state index contributed by atoms with van der Waals surface area (Å²) >= 11 is 0. The molecule has 3 aromatic heterocycles. The minimum atomic E-state index is -0.296. The van der Waals surface area contributed by atoms with E-state index >= 15 is 0 Å². The van der Waals surface area contributed by atoms with Gasteiger partial charge in [-0.2, -0.15) is 0 Å². The van der Waals surface area contributed by atoms with E-state index < -0.39 is 0 Å². The number of fused-ring (bicyclic) bond motifs is 1. The summed E-state index contributed by atoms with van der Waals surface area (Å²) in [4.78, 5) is 23.3. The van der Waals surface area contributed by atoms with Crippen molar-refractivity contribution < 1.29 is 9.21 Å². The molecule has 25 heavy (non-hydrogen) atoms. The number of nitrogens with zero attached hydrogens (tertiary/aromatic N) is 4. The van der Waals surface area contributed by atoms with Crippen LogP contribution in [0.4, 0.5) is 0 Å². The molecule has 1 atom stereocenters. The highest BCUT2D eigenvalue weighted by Crippen LogP contribution is 2.23. The van der Waals surface area contributed by atoms with Crippen molar-refractivity contribution in [2.45, 2.75) is 25.7 Å². The number of amides is 1. The maximum Gasteiger partial charge on any atom is 0.244 e. The van der Waals surface area contributed by atoms with Crippen LogP contribution in [0, 0.1) is 0 Å². The van der Waals surface area contributed by atoms with Gasteiger partial charge in [0, 0.05) is 50.3 Å². The molecule has 1 aliphatic rings. The molecule has 4 heterocycles. The summed E-state index contributed by atoms with van der Waals surface area (Å²) in [6, 6.07) is 5.46. The first kappa shape index (κ1) is 15.6. The molecule has 0 spiro atoms. The van der Waals surface area contributed by atoms with E-state index in [4.69, 9.17) is 4.42 Å². The molecule has 3 aromatic rings. The molecule has 7 heteroatoms. The number of carbonyl (C=O) groups excluding carboxylic acids is 1. The number of pyridine rings is 1. The Kier molecular flexibility index (Phi) is 4.30. The quantitative estimate of drug-likeness (QED) is 0.767. The predicted molar refractivity (Wildman–Crippen MR) is 90.2 cm³/mol. The van der Waals surface area contributed by atoms with Gasteiger partial charge in [-0.05, 0) is 17.7 Å². The Morgan fingerprint density at radius 2 is 2.24 bits per heavy atom. The second kappa shape index (κ2) is 6.90. The van der Waals surface area contributed by atoms with Gasteiger partial charge in [0.25, 0.3) is 0 Å². The Hall–Kier alpha value is -2.93. The van der Waals surface area contributed by atoms with Gasteiger partial charge in [0.15, 0.2) is 0 Å². The van der Waals surface area contributed by atoms with Gasteiger partial charge in [0.1, 0.15) is 6.04 Å². The molecule has 1 N–H and O–H groups in total. The molecular weight excluding hydrogens is 318 g/mol. The maximum atomic E-state index is 12.8. The van der Waals surface area contributed by atoms with Crippen molar-refractivity contribution in [1.82, 2.24) is 24.8 Å². The van der Waals surface area contributed by atoms with Crippen molar-refractivity contribution in [1.29, 1.82) is 0 Å². The average Bonchev–Trinajstić information content (AvgIpc) is 3.31. The van der Waals surface area contributed by atoms with Gasteiger partial charge in [0.05, 0.1) is 24.5 Å². The molecule has 0 radical (unpaired) electrons. The second-order valence-electron chi connectivity index (χ2n) is 6.19. The molecule has 1 amide bonds. The van der Waals surface area contributed by atoms with Crippen molar-refractivity contribution in [2.24, 2.45) is 0 Å². The molecule has 0 aromatic carbocycles. The summed E-state index contributed by atoms with van der Waals surface area (Å²) in [5.74, 6) is -0.0139. The number of nitrogens with one attached hydrogen (secondary N) is 1. The zero-order chi connectivity index (χ0) is 17.1. The van der Waals surface area contributed by atoms with Crippen molar-refractivity contribution in [3.05, 3.63) is 72.5 Å². The number of hydrogen-bond donors (Lipinski definition) is 1. The van der Waals surface area contributed by atoms with Crippen molar-refractivity contribution >= 4 is 5.91 Å². The molecule has 0 aliphatic carbocycles. The van der Waals surface area contributed by atoms with Crippen LogP contribution in [0.2, 0.25) is 0 Å². The fourth-order valence-corrected chi connectivity index (χ4v) is 3.14. The summed E-state index contributed by atoms with van der Waals surface area (Å²) in [6.45, 7) is 2.61. The van der Waals surface area contributed by atoms with Crippen LogP contribution >= 0.6 is 0 Å². The lowest BCUT2D eigenvalue weighted by Crippen LogP contribution is -2.43. The third-order valence-corrected chi connectivity index (χ3v) is 4.38. The third kappa shape index (κ3) is 3.46. The molecule has 4 rings (SSSR count). The van der Waals surface area contributed by atoms with Gasteiger partial charge in [-0.25, -0.2) is 4.98 Å². The minimum Gasteiger partial charge on any atom is -0.472 e. The van der Waals surface area contributed by atoms with E-state index in [1.165, 1.54) is 0 Å². The van der Waals surface area contributed by atoms with Gasteiger partial charge in [-0.3, -0.25) is 14.7 Å². The Morgan fingerprint density at radius 3 is 3.04 bits per heavy atom. The number of carbonyl (C=O) groups is 1. The standard InChI is InChI=1S/C18H19N5O2/c24-18(21-7-14-2-1-4-19-6-14)17-11-22(9-15-3-5-25-12-15)10-16-8-20-13-23(16)17/h1-6,8,12-13,17H,7,9-11H2,(H,21,24). The largest absolute Gasteiger partial charge is 0.472 e. The zero-order valence-corrected chi connectivity index (χ0v) is 13.7. The highest BCUT2D eigenvalue weighted by Gasteiger charge is 2.30. The van der Waals surface area contributed by atoms with Crippen molar-refractivity contribution in [2.75, 3.05) is 6.54 Å². The minimum absolute atomic E-state index is 0.0139.